The van der Waals surface area contributed by atoms with Crippen LogP contribution in [0, 0.1) is 13.8 Å². The molecule has 0 radical (unpaired) electrons. The zero-order valence-corrected chi connectivity index (χ0v) is 9.35. The van der Waals surface area contributed by atoms with E-state index in [9.17, 15) is 8.42 Å². The third-order valence-electron chi connectivity index (χ3n) is 2.13. The van der Waals surface area contributed by atoms with E-state index in [2.05, 4.69) is 0 Å². The molecule has 0 bridgehead atoms. The molecule has 0 saturated carbocycles. The molecule has 0 aliphatic rings. The quantitative estimate of drug-likeness (QED) is 0.767. The normalized spacial score (nSPS) is 11.7. The summed E-state index contributed by atoms with van der Waals surface area (Å²) in [4.78, 5) is 0.0607. The summed E-state index contributed by atoms with van der Waals surface area (Å²) >= 11 is 0. The van der Waals surface area contributed by atoms with Gasteiger partial charge in [-0.1, -0.05) is 24.6 Å². The average Bonchev–Trinajstić information content (AvgIpc) is 1.99. The van der Waals surface area contributed by atoms with Crippen LogP contribution in [0.2, 0.25) is 0 Å². The lowest BCUT2D eigenvalue weighted by Gasteiger charge is -2.09. The van der Waals surface area contributed by atoms with E-state index in [-0.39, 0.29) is 4.90 Å². The van der Waals surface area contributed by atoms with Gasteiger partial charge in [-0.2, -0.15) is 8.42 Å². The van der Waals surface area contributed by atoms with Crippen LogP contribution in [0.25, 0.3) is 0 Å². The molecule has 4 heteroatoms. The summed E-state index contributed by atoms with van der Waals surface area (Å²) in [6.45, 7) is 5.46. The van der Waals surface area contributed by atoms with Crippen molar-refractivity contribution in [3.05, 3.63) is 28.8 Å². The highest BCUT2D eigenvalue weighted by atomic mass is 32.2. The molecule has 0 aromatic heterocycles. The standard InChI is InChI=1S/C10H14O3S/c1-4-9-6-7(2)5-8(3)10(9)14(11,12)13/h5-6H,4H2,1-3H3,(H,11,12,13). The molecule has 1 rings (SSSR count). The van der Waals surface area contributed by atoms with Gasteiger partial charge in [0.25, 0.3) is 10.1 Å². The fourth-order valence-electron chi connectivity index (χ4n) is 1.67. The van der Waals surface area contributed by atoms with Crippen LogP contribution in [0.3, 0.4) is 0 Å². The molecule has 0 aliphatic carbocycles. The van der Waals surface area contributed by atoms with Crippen LogP contribution in [-0.4, -0.2) is 13.0 Å². The SMILES string of the molecule is CCc1cc(C)cc(C)c1S(=O)(=O)O. The van der Waals surface area contributed by atoms with Crippen molar-refractivity contribution in [1.82, 2.24) is 0 Å². The molecule has 0 fully saturated rings. The van der Waals surface area contributed by atoms with Crippen LogP contribution >= 0.6 is 0 Å². The molecular formula is C10H14O3S. The van der Waals surface area contributed by atoms with Gasteiger partial charge in [0.05, 0.1) is 4.90 Å². The van der Waals surface area contributed by atoms with Gasteiger partial charge in [0.2, 0.25) is 0 Å². The molecule has 14 heavy (non-hydrogen) atoms. The number of rotatable bonds is 2. The minimum Gasteiger partial charge on any atom is -0.282 e. The molecule has 1 aromatic rings. The molecule has 0 spiro atoms. The highest BCUT2D eigenvalue weighted by Crippen LogP contribution is 2.22. The Balaban J connectivity index is 3.57. The van der Waals surface area contributed by atoms with Gasteiger partial charge in [-0.15, -0.1) is 0 Å². The van der Waals surface area contributed by atoms with E-state index in [1.54, 1.807) is 19.1 Å². The summed E-state index contributed by atoms with van der Waals surface area (Å²) in [7, 11) is -4.09. The maximum atomic E-state index is 11.1. The first kappa shape index (κ1) is 11.2. The largest absolute Gasteiger partial charge is 0.295 e. The second kappa shape index (κ2) is 3.71. The van der Waals surface area contributed by atoms with Crippen LogP contribution in [0.1, 0.15) is 23.6 Å². The molecule has 0 heterocycles. The van der Waals surface area contributed by atoms with E-state index >= 15 is 0 Å². The van der Waals surface area contributed by atoms with Gasteiger partial charge in [-0.25, -0.2) is 0 Å². The number of aryl methyl sites for hydroxylation is 3. The van der Waals surface area contributed by atoms with Crippen LogP contribution in [0.4, 0.5) is 0 Å². The topological polar surface area (TPSA) is 54.4 Å². The Morgan fingerprint density at radius 2 is 1.86 bits per heavy atom. The first-order valence-corrected chi connectivity index (χ1v) is 5.88. The summed E-state index contributed by atoms with van der Waals surface area (Å²) in [6, 6.07) is 3.54. The summed E-state index contributed by atoms with van der Waals surface area (Å²) in [5.74, 6) is 0. The Bertz CT molecular complexity index is 447. The smallest absolute Gasteiger partial charge is 0.282 e. The molecule has 78 valence electrons. The van der Waals surface area contributed by atoms with Crippen molar-refractivity contribution >= 4 is 10.1 Å². The van der Waals surface area contributed by atoms with Crippen molar-refractivity contribution in [2.45, 2.75) is 32.1 Å². The third kappa shape index (κ3) is 2.13. The fourth-order valence-corrected chi connectivity index (χ4v) is 2.67. The lowest BCUT2D eigenvalue weighted by molar-refractivity contribution is 0.481. The van der Waals surface area contributed by atoms with E-state index in [4.69, 9.17) is 4.55 Å². The highest BCUT2D eigenvalue weighted by Gasteiger charge is 2.17. The van der Waals surface area contributed by atoms with Gasteiger partial charge in [-0.05, 0) is 31.4 Å². The number of hydrogen-bond acceptors (Lipinski definition) is 2. The lowest BCUT2D eigenvalue weighted by atomic mass is 10.1. The van der Waals surface area contributed by atoms with Crippen LogP contribution in [0.15, 0.2) is 17.0 Å². The van der Waals surface area contributed by atoms with E-state index in [0.717, 1.165) is 5.56 Å². The van der Waals surface area contributed by atoms with E-state index < -0.39 is 10.1 Å². The molecule has 0 unspecified atom stereocenters. The lowest BCUT2D eigenvalue weighted by Crippen LogP contribution is -2.05. The zero-order chi connectivity index (χ0) is 10.9. The molecule has 0 amide bonds. The minimum absolute atomic E-state index is 0.0607. The van der Waals surface area contributed by atoms with Gasteiger partial charge in [0, 0.05) is 0 Å². The van der Waals surface area contributed by atoms with E-state index in [0.29, 0.717) is 17.5 Å². The maximum absolute atomic E-state index is 11.1. The first-order chi connectivity index (χ1) is 6.36. The Morgan fingerprint density at radius 1 is 1.29 bits per heavy atom. The van der Waals surface area contributed by atoms with Crippen molar-refractivity contribution < 1.29 is 13.0 Å². The molecule has 0 saturated heterocycles. The van der Waals surface area contributed by atoms with E-state index in [1.807, 2.05) is 13.8 Å². The first-order valence-electron chi connectivity index (χ1n) is 4.44. The van der Waals surface area contributed by atoms with Crippen molar-refractivity contribution in [1.29, 1.82) is 0 Å². The summed E-state index contributed by atoms with van der Waals surface area (Å²) < 4.78 is 31.2. The van der Waals surface area contributed by atoms with Crippen molar-refractivity contribution in [2.24, 2.45) is 0 Å². The minimum atomic E-state index is -4.09. The van der Waals surface area contributed by atoms with Gasteiger partial charge in [-0.3, -0.25) is 4.55 Å². The van der Waals surface area contributed by atoms with Crippen molar-refractivity contribution in [3.8, 4) is 0 Å². The second-order valence-electron chi connectivity index (χ2n) is 3.40. The van der Waals surface area contributed by atoms with Crippen molar-refractivity contribution in [2.75, 3.05) is 0 Å². The van der Waals surface area contributed by atoms with Crippen molar-refractivity contribution in [3.63, 3.8) is 0 Å². The summed E-state index contributed by atoms with van der Waals surface area (Å²) in [6.07, 6.45) is 0.595. The van der Waals surface area contributed by atoms with Gasteiger partial charge < -0.3 is 0 Å². The number of hydrogen-bond donors (Lipinski definition) is 1. The van der Waals surface area contributed by atoms with Crippen LogP contribution in [-0.2, 0) is 16.5 Å². The van der Waals surface area contributed by atoms with Crippen LogP contribution in [0.5, 0.6) is 0 Å². The molecule has 1 N–H and O–H groups in total. The second-order valence-corrected chi connectivity index (χ2v) is 4.76. The Kier molecular flexibility index (Phi) is 2.97. The third-order valence-corrected chi connectivity index (χ3v) is 3.23. The molecule has 1 aromatic carbocycles. The predicted molar refractivity (Wildman–Crippen MR) is 55.1 cm³/mol. The Morgan fingerprint density at radius 3 is 2.29 bits per heavy atom. The Hall–Kier alpha value is -0.870. The summed E-state index contributed by atoms with van der Waals surface area (Å²) in [5, 5.41) is 0. The maximum Gasteiger partial charge on any atom is 0.295 e. The monoisotopic (exact) mass is 214 g/mol. The average molecular weight is 214 g/mol. The van der Waals surface area contributed by atoms with Gasteiger partial charge in [0.15, 0.2) is 0 Å². The highest BCUT2D eigenvalue weighted by molar-refractivity contribution is 7.86. The van der Waals surface area contributed by atoms with Gasteiger partial charge in [0.1, 0.15) is 0 Å². The zero-order valence-electron chi connectivity index (χ0n) is 8.53. The summed E-state index contributed by atoms with van der Waals surface area (Å²) in [5.41, 5.74) is 2.28. The molecule has 0 atom stereocenters. The van der Waals surface area contributed by atoms with Crippen LogP contribution < -0.4 is 0 Å². The number of benzene rings is 1. The molecule has 3 nitrogen and oxygen atoms in total. The Labute approximate surface area is 84.5 Å². The predicted octanol–water partition coefficient (Wildman–Crippen LogP) is 2.11. The molecular weight excluding hydrogens is 200 g/mol. The van der Waals surface area contributed by atoms with Gasteiger partial charge >= 0.3 is 0 Å². The fraction of sp³-hybridized carbons (Fsp3) is 0.400. The van der Waals surface area contributed by atoms with E-state index in [1.165, 1.54) is 0 Å². The molecule has 0 aliphatic heterocycles.